The molecule has 1 aromatic heterocycles. The van der Waals surface area contributed by atoms with E-state index in [1.807, 2.05) is 0 Å². The predicted molar refractivity (Wildman–Crippen MR) is 101 cm³/mol. The largest absolute Gasteiger partial charge is 0.467 e. The Labute approximate surface area is 159 Å². The summed E-state index contributed by atoms with van der Waals surface area (Å²) < 4.78 is 5.19. The molecular weight excluding hydrogens is 375 g/mol. The smallest absolute Gasteiger partial charge is 0.255 e. The first kappa shape index (κ1) is 18.0. The molecule has 0 saturated heterocycles. The Morgan fingerprint density at radius 1 is 0.923 bits per heavy atom. The molecule has 0 radical (unpaired) electrons. The maximum absolute atomic E-state index is 12.5. The summed E-state index contributed by atoms with van der Waals surface area (Å²) in [4.78, 5) is 24.9. The Bertz CT molecular complexity index is 919. The zero-order valence-corrected chi connectivity index (χ0v) is 15.0. The van der Waals surface area contributed by atoms with Gasteiger partial charge in [0.25, 0.3) is 11.8 Å². The molecule has 0 atom stereocenters. The van der Waals surface area contributed by atoms with Crippen molar-refractivity contribution < 1.29 is 14.0 Å². The van der Waals surface area contributed by atoms with E-state index in [0.29, 0.717) is 32.6 Å². The number of hydrogen-bond acceptors (Lipinski definition) is 3. The molecule has 0 fully saturated rings. The second kappa shape index (κ2) is 8.08. The molecule has 2 amide bonds. The van der Waals surface area contributed by atoms with Gasteiger partial charge in [0.05, 0.1) is 24.1 Å². The van der Waals surface area contributed by atoms with Crippen molar-refractivity contribution in [1.82, 2.24) is 5.32 Å². The van der Waals surface area contributed by atoms with Crippen molar-refractivity contribution in [3.63, 3.8) is 0 Å². The van der Waals surface area contributed by atoms with Gasteiger partial charge in [0.15, 0.2) is 0 Å². The van der Waals surface area contributed by atoms with E-state index in [9.17, 15) is 9.59 Å². The number of amides is 2. The molecule has 3 aromatic rings. The van der Waals surface area contributed by atoms with Gasteiger partial charge in [0, 0.05) is 15.6 Å². The van der Waals surface area contributed by atoms with E-state index in [4.69, 9.17) is 27.6 Å². The lowest BCUT2D eigenvalue weighted by atomic mass is 10.1. The molecule has 3 rings (SSSR count). The average Bonchev–Trinajstić information content (AvgIpc) is 3.13. The van der Waals surface area contributed by atoms with Crippen LogP contribution in [0.3, 0.4) is 0 Å². The third-order valence-corrected chi connectivity index (χ3v) is 3.98. The third kappa shape index (κ3) is 4.45. The lowest BCUT2D eigenvalue weighted by Gasteiger charge is -2.11. The number of carbonyl (C=O) groups is 2. The van der Waals surface area contributed by atoms with Crippen molar-refractivity contribution in [2.45, 2.75) is 6.54 Å². The van der Waals surface area contributed by atoms with Crippen molar-refractivity contribution in [1.29, 1.82) is 0 Å². The van der Waals surface area contributed by atoms with E-state index in [-0.39, 0.29) is 12.5 Å². The minimum absolute atomic E-state index is 0.248. The van der Waals surface area contributed by atoms with Gasteiger partial charge < -0.3 is 15.1 Å². The minimum Gasteiger partial charge on any atom is -0.467 e. The first-order valence-electron chi connectivity index (χ1n) is 7.70. The minimum atomic E-state index is -0.416. The van der Waals surface area contributed by atoms with Crippen LogP contribution in [0.15, 0.2) is 65.3 Å². The van der Waals surface area contributed by atoms with Gasteiger partial charge in [-0.25, -0.2) is 0 Å². The Morgan fingerprint density at radius 2 is 1.65 bits per heavy atom. The number of para-hydroxylation sites is 1. The highest BCUT2D eigenvalue weighted by Crippen LogP contribution is 2.21. The van der Waals surface area contributed by atoms with E-state index >= 15 is 0 Å². The molecule has 0 unspecified atom stereocenters. The first-order chi connectivity index (χ1) is 12.5. The number of halogens is 2. The molecule has 2 aromatic carbocycles. The number of anilines is 1. The molecule has 7 heteroatoms. The molecule has 0 bridgehead atoms. The van der Waals surface area contributed by atoms with Gasteiger partial charge in [0.2, 0.25) is 0 Å². The summed E-state index contributed by atoms with van der Waals surface area (Å²) in [5.74, 6) is -0.115. The highest BCUT2D eigenvalue weighted by molar-refractivity contribution is 6.35. The van der Waals surface area contributed by atoms with Crippen molar-refractivity contribution in [3.05, 3.63) is 87.8 Å². The van der Waals surface area contributed by atoms with E-state index in [1.54, 1.807) is 36.4 Å². The Balaban J connectivity index is 1.76. The summed E-state index contributed by atoms with van der Waals surface area (Å²) in [7, 11) is 0. The maximum Gasteiger partial charge on any atom is 0.255 e. The van der Waals surface area contributed by atoms with E-state index < -0.39 is 5.91 Å². The Hall–Kier alpha value is -2.76. The zero-order valence-electron chi connectivity index (χ0n) is 13.5. The molecule has 0 aliphatic carbocycles. The van der Waals surface area contributed by atoms with Crippen LogP contribution in [0.5, 0.6) is 0 Å². The number of furan rings is 1. The summed E-state index contributed by atoms with van der Waals surface area (Å²) in [6.45, 7) is 0.248. The predicted octanol–water partition coefficient (Wildman–Crippen LogP) is 4.77. The standard InChI is InChI=1S/C19H14Cl2N2O3/c20-13-8-12(9-14(21)10-13)18(24)23-17-6-2-1-5-16(17)19(25)22-11-15-4-3-7-26-15/h1-10H,11H2,(H,22,25)(H,23,24). The third-order valence-electron chi connectivity index (χ3n) is 3.55. The van der Waals surface area contributed by atoms with Crippen LogP contribution in [-0.2, 0) is 6.54 Å². The molecule has 0 aliphatic rings. The summed E-state index contributed by atoms with van der Waals surface area (Å²) in [6, 6.07) is 14.8. The fraction of sp³-hybridized carbons (Fsp3) is 0.0526. The number of carbonyl (C=O) groups excluding carboxylic acids is 2. The van der Waals surface area contributed by atoms with Gasteiger partial charge in [-0.2, -0.15) is 0 Å². The fourth-order valence-electron chi connectivity index (χ4n) is 2.35. The first-order valence-corrected chi connectivity index (χ1v) is 8.45. The lowest BCUT2D eigenvalue weighted by Crippen LogP contribution is -2.24. The van der Waals surface area contributed by atoms with Crippen LogP contribution in [0.2, 0.25) is 10.0 Å². The van der Waals surface area contributed by atoms with Crippen molar-refractivity contribution in [2.75, 3.05) is 5.32 Å². The normalized spacial score (nSPS) is 10.4. The molecule has 0 saturated carbocycles. The van der Waals surface area contributed by atoms with Crippen LogP contribution in [-0.4, -0.2) is 11.8 Å². The van der Waals surface area contributed by atoms with Gasteiger partial charge >= 0.3 is 0 Å². The zero-order chi connectivity index (χ0) is 18.5. The monoisotopic (exact) mass is 388 g/mol. The van der Waals surface area contributed by atoms with Gasteiger partial charge in [-0.15, -0.1) is 0 Å². The van der Waals surface area contributed by atoms with Crippen molar-refractivity contribution in [2.24, 2.45) is 0 Å². The Kier molecular flexibility index (Phi) is 5.61. The molecule has 132 valence electrons. The summed E-state index contributed by atoms with van der Waals surface area (Å²) in [6.07, 6.45) is 1.53. The second-order valence-electron chi connectivity index (χ2n) is 5.42. The van der Waals surface area contributed by atoms with Gasteiger partial charge in [0.1, 0.15) is 5.76 Å². The summed E-state index contributed by atoms with van der Waals surface area (Å²) in [5, 5.41) is 6.17. The summed E-state index contributed by atoms with van der Waals surface area (Å²) in [5.41, 5.74) is 1.01. The lowest BCUT2D eigenvalue weighted by molar-refractivity contribution is 0.0949. The highest BCUT2D eigenvalue weighted by atomic mass is 35.5. The number of benzene rings is 2. The van der Waals surface area contributed by atoms with E-state index in [1.165, 1.54) is 24.5 Å². The van der Waals surface area contributed by atoms with Gasteiger partial charge in [-0.3, -0.25) is 9.59 Å². The number of nitrogens with one attached hydrogen (secondary N) is 2. The molecule has 0 spiro atoms. The molecule has 0 aliphatic heterocycles. The van der Waals surface area contributed by atoms with Crippen LogP contribution in [0.4, 0.5) is 5.69 Å². The van der Waals surface area contributed by atoms with Crippen molar-refractivity contribution >= 4 is 40.7 Å². The molecular formula is C19H14Cl2N2O3. The van der Waals surface area contributed by atoms with Gasteiger partial charge in [-0.1, -0.05) is 35.3 Å². The fourth-order valence-corrected chi connectivity index (χ4v) is 2.87. The Morgan fingerprint density at radius 3 is 2.35 bits per heavy atom. The van der Waals surface area contributed by atoms with Crippen LogP contribution in [0.1, 0.15) is 26.5 Å². The second-order valence-corrected chi connectivity index (χ2v) is 6.29. The van der Waals surface area contributed by atoms with Crippen LogP contribution < -0.4 is 10.6 Å². The number of hydrogen-bond donors (Lipinski definition) is 2. The SMILES string of the molecule is O=C(Nc1ccccc1C(=O)NCc1ccco1)c1cc(Cl)cc(Cl)c1. The number of rotatable bonds is 5. The quantitative estimate of drug-likeness (QED) is 0.661. The van der Waals surface area contributed by atoms with Crippen molar-refractivity contribution in [3.8, 4) is 0 Å². The molecule has 2 N–H and O–H groups in total. The highest BCUT2D eigenvalue weighted by Gasteiger charge is 2.15. The van der Waals surface area contributed by atoms with E-state index in [0.717, 1.165) is 0 Å². The van der Waals surface area contributed by atoms with Crippen LogP contribution in [0, 0.1) is 0 Å². The average molecular weight is 389 g/mol. The maximum atomic E-state index is 12.5. The summed E-state index contributed by atoms with van der Waals surface area (Å²) >= 11 is 11.9. The van der Waals surface area contributed by atoms with Crippen LogP contribution in [0.25, 0.3) is 0 Å². The van der Waals surface area contributed by atoms with Crippen LogP contribution >= 0.6 is 23.2 Å². The molecule has 1 heterocycles. The van der Waals surface area contributed by atoms with E-state index in [2.05, 4.69) is 10.6 Å². The van der Waals surface area contributed by atoms with Gasteiger partial charge in [-0.05, 0) is 42.5 Å². The molecule has 5 nitrogen and oxygen atoms in total. The topological polar surface area (TPSA) is 71.3 Å². The molecule has 26 heavy (non-hydrogen) atoms.